The van der Waals surface area contributed by atoms with Gasteiger partial charge in [0.1, 0.15) is 5.75 Å². The van der Waals surface area contributed by atoms with Crippen molar-refractivity contribution in [3.8, 4) is 5.75 Å². The zero-order valence-electron chi connectivity index (χ0n) is 14.4. The molecule has 0 spiro atoms. The van der Waals surface area contributed by atoms with E-state index < -0.39 is 6.10 Å². The number of hydrogen-bond acceptors (Lipinski definition) is 3. The summed E-state index contributed by atoms with van der Waals surface area (Å²) < 4.78 is 5.31. The molecule has 1 unspecified atom stereocenters. The maximum atomic E-state index is 10.5. The zero-order chi connectivity index (χ0) is 16.8. The number of hydrogen-bond donors (Lipinski definition) is 1. The Kier molecular flexibility index (Phi) is 5.89. The topological polar surface area (TPSA) is 32.7 Å². The summed E-state index contributed by atoms with van der Waals surface area (Å²) in [6.45, 7) is 2.78. The largest absolute Gasteiger partial charge is 0.497 e. The van der Waals surface area contributed by atoms with Crippen LogP contribution in [-0.4, -0.2) is 36.8 Å². The Labute approximate surface area is 144 Å². The van der Waals surface area contributed by atoms with Crippen LogP contribution >= 0.6 is 0 Å². The Hall–Kier alpha value is -1.84. The molecule has 3 heteroatoms. The van der Waals surface area contributed by atoms with Gasteiger partial charge < -0.3 is 14.7 Å². The van der Waals surface area contributed by atoms with E-state index in [1.54, 1.807) is 7.11 Å². The molecule has 24 heavy (non-hydrogen) atoms. The number of β-amino-alcohol motifs (C(OH)–C–C–N with tert-alkyl or cyclic N) is 1. The first-order valence-electron chi connectivity index (χ1n) is 8.87. The molecule has 0 amide bonds. The highest BCUT2D eigenvalue weighted by atomic mass is 16.5. The van der Waals surface area contributed by atoms with Gasteiger partial charge in [0, 0.05) is 13.1 Å². The lowest BCUT2D eigenvalue weighted by atomic mass is 10.0. The van der Waals surface area contributed by atoms with Crippen LogP contribution in [0.2, 0.25) is 0 Å². The maximum Gasteiger partial charge on any atom is 0.119 e. The van der Waals surface area contributed by atoms with E-state index in [4.69, 9.17) is 4.74 Å². The standard InChI is InChI=1S/C21H27NO2/c1-24-19-10-11-20-18(15-19)12-14-22(16-21(20)23)13-6-5-9-17-7-3-2-4-8-17/h2-4,7-8,10-11,15,21,23H,5-6,9,12-14,16H2,1H3. The number of rotatable bonds is 6. The molecule has 0 saturated carbocycles. The predicted octanol–water partition coefficient (Wildman–Crippen LogP) is 3.61. The van der Waals surface area contributed by atoms with E-state index in [1.165, 1.54) is 24.0 Å². The fourth-order valence-corrected chi connectivity index (χ4v) is 3.48. The van der Waals surface area contributed by atoms with E-state index >= 15 is 0 Å². The molecule has 128 valence electrons. The van der Waals surface area contributed by atoms with Crippen molar-refractivity contribution >= 4 is 0 Å². The van der Waals surface area contributed by atoms with Gasteiger partial charge in [0.05, 0.1) is 13.2 Å². The maximum absolute atomic E-state index is 10.5. The van der Waals surface area contributed by atoms with Crippen LogP contribution in [0.15, 0.2) is 48.5 Å². The Bertz CT molecular complexity index is 642. The summed E-state index contributed by atoms with van der Waals surface area (Å²) >= 11 is 0. The monoisotopic (exact) mass is 325 g/mol. The summed E-state index contributed by atoms with van der Waals surface area (Å²) in [4.78, 5) is 2.39. The van der Waals surface area contributed by atoms with E-state index in [-0.39, 0.29) is 0 Å². The average Bonchev–Trinajstić information content (AvgIpc) is 2.78. The molecule has 2 aromatic rings. The van der Waals surface area contributed by atoms with Crippen LogP contribution < -0.4 is 4.74 Å². The van der Waals surface area contributed by atoms with E-state index in [9.17, 15) is 5.11 Å². The molecular weight excluding hydrogens is 298 g/mol. The van der Waals surface area contributed by atoms with Crippen LogP contribution in [-0.2, 0) is 12.8 Å². The molecule has 3 rings (SSSR count). The lowest BCUT2D eigenvalue weighted by molar-refractivity contribution is 0.119. The van der Waals surface area contributed by atoms with E-state index in [0.29, 0.717) is 0 Å². The van der Waals surface area contributed by atoms with Gasteiger partial charge in [-0.15, -0.1) is 0 Å². The fourth-order valence-electron chi connectivity index (χ4n) is 3.48. The van der Waals surface area contributed by atoms with Crippen molar-refractivity contribution in [2.45, 2.75) is 31.8 Å². The van der Waals surface area contributed by atoms with E-state index in [2.05, 4.69) is 41.3 Å². The van der Waals surface area contributed by atoms with Gasteiger partial charge in [-0.25, -0.2) is 0 Å². The van der Waals surface area contributed by atoms with Gasteiger partial charge >= 0.3 is 0 Å². The number of aliphatic hydroxyl groups excluding tert-OH is 1. The number of fused-ring (bicyclic) bond motifs is 1. The molecule has 0 aliphatic carbocycles. The summed E-state index contributed by atoms with van der Waals surface area (Å²) in [5.74, 6) is 0.872. The highest BCUT2D eigenvalue weighted by molar-refractivity contribution is 5.38. The number of methoxy groups -OCH3 is 1. The molecule has 0 bridgehead atoms. The number of aliphatic hydroxyl groups is 1. The zero-order valence-corrected chi connectivity index (χ0v) is 14.4. The number of ether oxygens (including phenoxy) is 1. The highest BCUT2D eigenvalue weighted by Crippen LogP contribution is 2.27. The number of benzene rings is 2. The molecule has 3 nitrogen and oxygen atoms in total. The first kappa shape index (κ1) is 17.0. The molecule has 1 atom stereocenters. The number of nitrogens with zero attached hydrogens (tertiary/aromatic N) is 1. The van der Waals surface area contributed by atoms with Crippen LogP contribution in [0.4, 0.5) is 0 Å². The summed E-state index contributed by atoms with van der Waals surface area (Å²) in [5, 5.41) is 10.5. The molecule has 0 fully saturated rings. The molecule has 1 aliphatic rings. The van der Waals surface area contributed by atoms with Crippen molar-refractivity contribution in [2.75, 3.05) is 26.7 Å². The van der Waals surface area contributed by atoms with Crippen LogP contribution in [0.1, 0.15) is 35.6 Å². The summed E-state index contributed by atoms with van der Waals surface area (Å²) in [7, 11) is 1.69. The van der Waals surface area contributed by atoms with Crippen LogP contribution in [0.3, 0.4) is 0 Å². The molecular formula is C21H27NO2. The smallest absolute Gasteiger partial charge is 0.119 e. The van der Waals surface area contributed by atoms with Crippen molar-refractivity contribution in [3.05, 3.63) is 65.2 Å². The Morgan fingerprint density at radius 2 is 1.96 bits per heavy atom. The third kappa shape index (κ3) is 4.37. The quantitative estimate of drug-likeness (QED) is 0.824. The lowest BCUT2D eigenvalue weighted by Crippen LogP contribution is -2.29. The van der Waals surface area contributed by atoms with Gasteiger partial charge in [-0.2, -0.15) is 0 Å². The second kappa shape index (κ2) is 8.32. The van der Waals surface area contributed by atoms with Gasteiger partial charge in [-0.1, -0.05) is 36.4 Å². The second-order valence-electron chi connectivity index (χ2n) is 6.57. The van der Waals surface area contributed by atoms with Gasteiger partial charge in [0.15, 0.2) is 0 Å². The molecule has 1 aliphatic heterocycles. The average molecular weight is 325 g/mol. The van der Waals surface area contributed by atoms with Crippen molar-refractivity contribution in [3.63, 3.8) is 0 Å². The molecule has 0 saturated heterocycles. The van der Waals surface area contributed by atoms with Crippen LogP contribution in [0.25, 0.3) is 0 Å². The minimum Gasteiger partial charge on any atom is -0.497 e. The van der Waals surface area contributed by atoms with E-state index in [1.807, 2.05) is 12.1 Å². The van der Waals surface area contributed by atoms with E-state index in [0.717, 1.165) is 43.8 Å². The van der Waals surface area contributed by atoms with Crippen molar-refractivity contribution in [1.29, 1.82) is 0 Å². The first-order chi connectivity index (χ1) is 11.8. The molecule has 2 aromatic carbocycles. The molecule has 1 N–H and O–H groups in total. The highest BCUT2D eigenvalue weighted by Gasteiger charge is 2.21. The van der Waals surface area contributed by atoms with Crippen molar-refractivity contribution < 1.29 is 9.84 Å². The normalized spacial score (nSPS) is 18.0. The third-order valence-electron chi connectivity index (χ3n) is 4.87. The summed E-state index contributed by atoms with van der Waals surface area (Å²) in [5.41, 5.74) is 3.68. The molecule has 0 aromatic heterocycles. The molecule has 1 heterocycles. The van der Waals surface area contributed by atoms with Crippen LogP contribution in [0, 0.1) is 0 Å². The summed E-state index contributed by atoms with van der Waals surface area (Å²) in [6, 6.07) is 16.7. The fraction of sp³-hybridized carbons (Fsp3) is 0.429. The van der Waals surface area contributed by atoms with Gasteiger partial charge in [0.2, 0.25) is 0 Å². The van der Waals surface area contributed by atoms with Crippen LogP contribution in [0.5, 0.6) is 5.75 Å². The minimum absolute atomic E-state index is 0.400. The van der Waals surface area contributed by atoms with Crippen molar-refractivity contribution in [2.24, 2.45) is 0 Å². The van der Waals surface area contributed by atoms with Crippen molar-refractivity contribution in [1.82, 2.24) is 4.90 Å². The summed E-state index contributed by atoms with van der Waals surface area (Å²) in [6.07, 6.45) is 4.07. The van der Waals surface area contributed by atoms with Gasteiger partial charge in [-0.3, -0.25) is 0 Å². The van der Waals surface area contributed by atoms with Gasteiger partial charge in [-0.05, 0) is 61.1 Å². The lowest BCUT2D eigenvalue weighted by Gasteiger charge is -2.22. The number of aryl methyl sites for hydroxylation is 1. The number of unbranched alkanes of at least 4 members (excludes halogenated alkanes) is 1. The van der Waals surface area contributed by atoms with Gasteiger partial charge in [0.25, 0.3) is 0 Å². The predicted molar refractivity (Wildman–Crippen MR) is 97.5 cm³/mol. The first-order valence-corrected chi connectivity index (χ1v) is 8.87. The SMILES string of the molecule is COc1ccc2c(c1)CCN(CCCCc1ccccc1)CC2O. The third-order valence-corrected chi connectivity index (χ3v) is 4.87. The second-order valence-corrected chi connectivity index (χ2v) is 6.57. The Balaban J connectivity index is 1.50. The molecule has 0 radical (unpaired) electrons. The minimum atomic E-state index is -0.400. The Morgan fingerprint density at radius 1 is 1.12 bits per heavy atom. The Morgan fingerprint density at radius 3 is 2.75 bits per heavy atom.